The Morgan fingerprint density at radius 3 is 2.00 bits per heavy atom. The van der Waals surface area contributed by atoms with Crippen LogP contribution in [-0.4, -0.2) is 50.2 Å². The minimum atomic E-state index is -0.456. The largest absolute Gasteiger partial charge is 0.504 e. The van der Waals surface area contributed by atoms with Crippen molar-refractivity contribution in [2.75, 3.05) is 28.4 Å². The highest BCUT2D eigenvalue weighted by atomic mass is 16.5. The third-order valence-electron chi connectivity index (χ3n) is 5.21. The van der Waals surface area contributed by atoms with Gasteiger partial charge < -0.3 is 24.1 Å². The number of benzene rings is 2. The summed E-state index contributed by atoms with van der Waals surface area (Å²) in [4.78, 5) is 12.4. The van der Waals surface area contributed by atoms with E-state index in [2.05, 4.69) is 5.10 Å². The van der Waals surface area contributed by atoms with Crippen molar-refractivity contribution >= 4 is 11.6 Å². The molecular formula is C22H26N2O6. The highest BCUT2D eigenvalue weighted by Gasteiger charge is 2.40. The number of hydrogen-bond donors (Lipinski definition) is 1. The number of hydrazone groups is 1. The number of amides is 1. The summed E-state index contributed by atoms with van der Waals surface area (Å²) >= 11 is 0. The zero-order valence-corrected chi connectivity index (χ0v) is 17.9. The van der Waals surface area contributed by atoms with Crippen molar-refractivity contribution in [1.29, 1.82) is 0 Å². The lowest BCUT2D eigenvalue weighted by Crippen LogP contribution is -2.28. The molecule has 0 radical (unpaired) electrons. The van der Waals surface area contributed by atoms with E-state index in [1.807, 2.05) is 25.1 Å². The second-order valence-corrected chi connectivity index (χ2v) is 6.92. The summed E-state index contributed by atoms with van der Waals surface area (Å²) in [7, 11) is 6.13. The fourth-order valence-electron chi connectivity index (χ4n) is 3.86. The van der Waals surface area contributed by atoms with Gasteiger partial charge in [-0.1, -0.05) is 6.07 Å². The molecule has 8 nitrogen and oxygen atoms in total. The summed E-state index contributed by atoms with van der Waals surface area (Å²) in [6, 6.07) is 8.33. The summed E-state index contributed by atoms with van der Waals surface area (Å²) < 4.78 is 21.6. The Morgan fingerprint density at radius 2 is 1.53 bits per heavy atom. The summed E-state index contributed by atoms with van der Waals surface area (Å²) in [6.07, 6.45) is 0. The van der Waals surface area contributed by atoms with Crippen molar-refractivity contribution in [2.24, 2.45) is 5.10 Å². The van der Waals surface area contributed by atoms with Gasteiger partial charge in [0.2, 0.25) is 11.7 Å². The summed E-state index contributed by atoms with van der Waals surface area (Å²) in [5.74, 6) is 1.37. The van der Waals surface area contributed by atoms with Crippen molar-refractivity contribution in [1.82, 2.24) is 5.01 Å². The molecule has 0 unspecified atom stereocenters. The Kier molecular flexibility index (Phi) is 6.05. The molecule has 0 aliphatic carbocycles. The first-order chi connectivity index (χ1) is 14.4. The van der Waals surface area contributed by atoms with E-state index in [-0.39, 0.29) is 17.6 Å². The number of rotatable bonds is 6. The number of ether oxygens (including phenoxy) is 4. The quantitative estimate of drug-likeness (QED) is 0.778. The Balaban J connectivity index is 2.17. The van der Waals surface area contributed by atoms with Gasteiger partial charge in [0, 0.05) is 12.6 Å². The fourth-order valence-corrected chi connectivity index (χ4v) is 3.86. The molecule has 1 N–H and O–H groups in total. The number of phenolic OH excluding ortho intramolecular Hbond substituents is 1. The lowest BCUT2D eigenvalue weighted by atomic mass is 9.84. The number of aromatic hydroxyl groups is 1. The fraction of sp³-hybridized carbons (Fsp3) is 0.364. The average Bonchev–Trinajstić information content (AvgIpc) is 3.09. The van der Waals surface area contributed by atoms with E-state index in [4.69, 9.17) is 18.9 Å². The number of carbonyl (C=O) groups excluding carboxylic acids is 1. The number of carbonyl (C=O) groups is 1. The number of phenols is 1. The lowest BCUT2D eigenvalue weighted by Gasteiger charge is -2.27. The minimum Gasteiger partial charge on any atom is -0.504 e. The van der Waals surface area contributed by atoms with Crippen LogP contribution in [0.4, 0.5) is 0 Å². The van der Waals surface area contributed by atoms with Gasteiger partial charge in [0.15, 0.2) is 23.0 Å². The molecule has 1 aliphatic heterocycles. The van der Waals surface area contributed by atoms with Crippen LogP contribution >= 0.6 is 0 Å². The van der Waals surface area contributed by atoms with Crippen LogP contribution in [0.1, 0.15) is 36.9 Å². The highest BCUT2D eigenvalue weighted by Crippen LogP contribution is 2.48. The van der Waals surface area contributed by atoms with E-state index in [1.165, 1.54) is 19.0 Å². The SMILES string of the molecule is COc1ccc([C@H]2[C@H](c3cc(OC)c(OC)c(OC)c3)C(C)=NN2C(C)=O)cc1O. The average molecular weight is 414 g/mol. The molecule has 2 aromatic carbocycles. The molecule has 1 aliphatic rings. The number of methoxy groups -OCH3 is 4. The first-order valence-corrected chi connectivity index (χ1v) is 9.37. The van der Waals surface area contributed by atoms with Crippen LogP contribution in [0.5, 0.6) is 28.7 Å². The minimum absolute atomic E-state index is 0.00769. The molecule has 2 atom stereocenters. The van der Waals surface area contributed by atoms with Gasteiger partial charge in [0.1, 0.15) is 0 Å². The third kappa shape index (κ3) is 3.60. The molecule has 0 saturated carbocycles. The Hall–Kier alpha value is -3.42. The summed E-state index contributed by atoms with van der Waals surface area (Å²) in [5.41, 5.74) is 2.32. The molecule has 0 saturated heterocycles. The predicted molar refractivity (Wildman–Crippen MR) is 112 cm³/mol. The molecule has 0 bridgehead atoms. The normalized spacial score (nSPS) is 18.1. The van der Waals surface area contributed by atoms with Gasteiger partial charge in [-0.15, -0.1) is 0 Å². The Labute approximate surface area is 175 Å². The first-order valence-electron chi connectivity index (χ1n) is 9.37. The number of hydrogen-bond acceptors (Lipinski definition) is 7. The zero-order chi connectivity index (χ0) is 22.0. The summed E-state index contributed by atoms with van der Waals surface area (Å²) in [5, 5.41) is 16.2. The van der Waals surface area contributed by atoms with Crippen LogP contribution in [0.3, 0.4) is 0 Å². The molecule has 1 amide bonds. The lowest BCUT2D eigenvalue weighted by molar-refractivity contribution is -0.130. The van der Waals surface area contributed by atoms with Crippen molar-refractivity contribution < 1.29 is 28.8 Å². The van der Waals surface area contributed by atoms with Gasteiger partial charge in [-0.3, -0.25) is 4.79 Å². The molecule has 0 spiro atoms. The van der Waals surface area contributed by atoms with Crippen LogP contribution in [0.15, 0.2) is 35.4 Å². The van der Waals surface area contributed by atoms with Crippen molar-refractivity contribution in [3.05, 3.63) is 41.5 Å². The number of nitrogens with zero attached hydrogens (tertiary/aromatic N) is 2. The molecule has 160 valence electrons. The maximum Gasteiger partial charge on any atom is 0.240 e. The molecule has 1 heterocycles. The van der Waals surface area contributed by atoms with Gasteiger partial charge >= 0.3 is 0 Å². The maximum atomic E-state index is 12.4. The molecule has 3 rings (SSSR count). The van der Waals surface area contributed by atoms with E-state index >= 15 is 0 Å². The smallest absolute Gasteiger partial charge is 0.240 e. The summed E-state index contributed by atoms with van der Waals surface area (Å²) in [6.45, 7) is 3.33. The van der Waals surface area contributed by atoms with E-state index in [0.29, 0.717) is 23.0 Å². The van der Waals surface area contributed by atoms with Gasteiger partial charge in [-0.05, 0) is 42.3 Å². The Bertz CT molecular complexity index is 963. The molecule has 2 aromatic rings. The molecule has 30 heavy (non-hydrogen) atoms. The van der Waals surface area contributed by atoms with Crippen LogP contribution in [0, 0.1) is 0 Å². The van der Waals surface area contributed by atoms with Crippen LogP contribution in [0.25, 0.3) is 0 Å². The van der Waals surface area contributed by atoms with Gasteiger partial charge in [-0.2, -0.15) is 5.10 Å². The zero-order valence-electron chi connectivity index (χ0n) is 17.9. The topological polar surface area (TPSA) is 89.8 Å². The van der Waals surface area contributed by atoms with E-state index in [9.17, 15) is 9.90 Å². The monoisotopic (exact) mass is 414 g/mol. The molecule has 0 fully saturated rings. The first kappa shape index (κ1) is 21.3. The van der Waals surface area contributed by atoms with Crippen molar-refractivity contribution in [3.8, 4) is 28.7 Å². The van der Waals surface area contributed by atoms with Crippen molar-refractivity contribution in [2.45, 2.75) is 25.8 Å². The molecular weight excluding hydrogens is 388 g/mol. The highest BCUT2D eigenvalue weighted by molar-refractivity contribution is 5.94. The van der Waals surface area contributed by atoms with E-state index in [1.54, 1.807) is 33.5 Å². The predicted octanol–water partition coefficient (Wildman–Crippen LogP) is 3.49. The standard InChI is InChI=1S/C22H26N2O6/c1-12-20(15-10-18(28-4)22(30-6)19(11-15)29-5)21(24(23-12)13(2)25)14-7-8-17(27-3)16(26)9-14/h7-11,20-21,26H,1-6H3/t20-,21-/m0/s1. The molecule has 0 aromatic heterocycles. The Morgan fingerprint density at radius 1 is 0.933 bits per heavy atom. The van der Waals surface area contributed by atoms with Crippen LogP contribution < -0.4 is 18.9 Å². The van der Waals surface area contributed by atoms with Gasteiger partial charge in [-0.25, -0.2) is 5.01 Å². The van der Waals surface area contributed by atoms with E-state index < -0.39 is 6.04 Å². The van der Waals surface area contributed by atoms with Gasteiger partial charge in [0.25, 0.3) is 0 Å². The van der Waals surface area contributed by atoms with Crippen molar-refractivity contribution in [3.63, 3.8) is 0 Å². The maximum absolute atomic E-state index is 12.4. The third-order valence-corrected chi connectivity index (χ3v) is 5.21. The second-order valence-electron chi connectivity index (χ2n) is 6.92. The van der Waals surface area contributed by atoms with Crippen LogP contribution in [0.2, 0.25) is 0 Å². The second kappa shape index (κ2) is 8.52. The van der Waals surface area contributed by atoms with E-state index in [0.717, 1.165) is 16.8 Å². The molecule has 8 heteroatoms. The van der Waals surface area contributed by atoms with Crippen LogP contribution in [-0.2, 0) is 4.79 Å². The van der Waals surface area contributed by atoms with Gasteiger partial charge in [0.05, 0.1) is 40.4 Å².